The minimum atomic E-state index is 0.176. The maximum Gasteiger partial charge on any atom is 0.219 e. The minimum absolute atomic E-state index is 0.176. The van der Waals surface area contributed by atoms with E-state index >= 15 is 0 Å². The molecule has 2 heterocycles. The second-order valence-electron chi connectivity index (χ2n) is 6.90. The highest BCUT2D eigenvalue weighted by molar-refractivity contribution is 5.80. The predicted octanol–water partition coefficient (Wildman–Crippen LogP) is 1.24. The molecule has 1 N–H and O–H groups in total. The van der Waals surface area contributed by atoms with Gasteiger partial charge in [0.05, 0.1) is 0 Å². The molecule has 2 aliphatic rings. The van der Waals surface area contributed by atoms with E-state index in [1.807, 2.05) is 4.90 Å². The van der Waals surface area contributed by atoms with Crippen molar-refractivity contribution >= 4 is 11.9 Å². The molecule has 2 fully saturated rings. The highest BCUT2D eigenvalue weighted by Gasteiger charge is 2.21. The highest BCUT2D eigenvalue weighted by Crippen LogP contribution is 2.20. The van der Waals surface area contributed by atoms with Gasteiger partial charge in [-0.1, -0.05) is 6.92 Å². The fraction of sp³-hybridized carbons (Fsp3) is 0.889. The van der Waals surface area contributed by atoms with Crippen LogP contribution in [0.5, 0.6) is 0 Å². The standard InChI is InChI=1S/C18H35N5O/c1-4-19-18(23-14-12-22(13-15-23)16(3)24)20-9-6-17-7-10-21(5-2)11-8-17/h17H,4-15H2,1-3H3,(H,19,20). The molecular weight excluding hydrogens is 302 g/mol. The summed E-state index contributed by atoms with van der Waals surface area (Å²) in [6.45, 7) is 14.8. The van der Waals surface area contributed by atoms with E-state index in [9.17, 15) is 4.79 Å². The van der Waals surface area contributed by atoms with Crippen LogP contribution in [-0.2, 0) is 4.79 Å². The van der Waals surface area contributed by atoms with Gasteiger partial charge >= 0.3 is 0 Å². The molecule has 0 aromatic carbocycles. The Labute approximate surface area is 147 Å². The zero-order valence-corrected chi connectivity index (χ0v) is 15.8. The second kappa shape index (κ2) is 9.87. The first kappa shape index (κ1) is 19.0. The number of likely N-dealkylation sites (tertiary alicyclic amines) is 1. The molecule has 0 spiro atoms. The summed E-state index contributed by atoms with van der Waals surface area (Å²) in [7, 11) is 0. The van der Waals surface area contributed by atoms with Gasteiger partial charge in [0.25, 0.3) is 0 Å². The average Bonchev–Trinajstić information content (AvgIpc) is 2.61. The van der Waals surface area contributed by atoms with Crippen molar-refractivity contribution in [1.82, 2.24) is 20.0 Å². The molecule has 6 heteroatoms. The van der Waals surface area contributed by atoms with Crippen LogP contribution in [0.25, 0.3) is 0 Å². The number of piperidine rings is 1. The van der Waals surface area contributed by atoms with Crippen LogP contribution in [0, 0.1) is 5.92 Å². The van der Waals surface area contributed by atoms with E-state index in [2.05, 4.69) is 29.0 Å². The molecule has 2 rings (SSSR count). The number of hydrogen-bond acceptors (Lipinski definition) is 3. The van der Waals surface area contributed by atoms with Crippen molar-refractivity contribution < 1.29 is 4.79 Å². The lowest BCUT2D eigenvalue weighted by Gasteiger charge is -2.36. The number of amides is 1. The van der Waals surface area contributed by atoms with E-state index in [1.54, 1.807) is 6.92 Å². The van der Waals surface area contributed by atoms with Crippen LogP contribution in [0.4, 0.5) is 0 Å². The van der Waals surface area contributed by atoms with Gasteiger partial charge in [-0.15, -0.1) is 0 Å². The van der Waals surface area contributed by atoms with Gasteiger partial charge < -0.3 is 20.0 Å². The second-order valence-corrected chi connectivity index (χ2v) is 6.90. The van der Waals surface area contributed by atoms with E-state index in [0.29, 0.717) is 0 Å². The lowest BCUT2D eigenvalue weighted by molar-refractivity contribution is -0.130. The number of aliphatic imine (C=N–C) groups is 1. The predicted molar refractivity (Wildman–Crippen MR) is 99.3 cm³/mol. The summed E-state index contributed by atoms with van der Waals surface area (Å²) >= 11 is 0. The number of guanidine groups is 1. The summed E-state index contributed by atoms with van der Waals surface area (Å²) in [6, 6.07) is 0. The van der Waals surface area contributed by atoms with Crippen LogP contribution in [0.15, 0.2) is 4.99 Å². The van der Waals surface area contributed by atoms with E-state index in [4.69, 9.17) is 4.99 Å². The Bertz CT molecular complexity index is 410. The van der Waals surface area contributed by atoms with Gasteiger partial charge in [-0.3, -0.25) is 9.79 Å². The fourth-order valence-corrected chi connectivity index (χ4v) is 3.60. The monoisotopic (exact) mass is 337 g/mol. The van der Waals surface area contributed by atoms with Crippen molar-refractivity contribution in [3.8, 4) is 0 Å². The van der Waals surface area contributed by atoms with Crippen molar-refractivity contribution in [3.05, 3.63) is 0 Å². The summed E-state index contributed by atoms with van der Waals surface area (Å²) in [5, 5.41) is 3.41. The van der Waals surface area contributed by atoms with Crippen molar-refractivity contribution in [2.75, 3.05) is 58.9 Å². The molecule has 2 aliphatic heterocycles. The molecule has 0 aliphatic carbocycles. The van der Waals surface area contributed by atoms with Gasteiger partial charge in [-0.05, 0) is 51.7 Å². The SMILES string of the molecule is CCNC(=NCCC1CCN(CC)CC1)N1CCN(C(C)=O)CC1. The Balaban J connectivity index is 1.78. The third-order valence-electron chi connectivity index (χ3n) is 5.31. The zero-order valence-electron chi connectivity index (χ0n) is 15.8. The van der Waals surface area contributed by atoms with Crippen LogP contribution >= 0.6 is 0 Å². The number of nitrogens with zero attached hydrogens (tertiary/aromatic N) is 4. The van der Waals surface area contributed by atoms with Gasteiger partial charge in [0.15, 0.2) is 5.96 Å². The van der Waals surface area contributed by atoms with E-state index in [0.717, 1.165) is 51.1 Å². The van der Waals surface area contributed by atoms with Crippen LogP contribution in [-0.4, -0.2) is 85.5 Å². The molecule has 138 valence electrons. The average molecular weight is 338 g/mol. The number of nitrogens with one attached hydrogen (secondary N) is 1. The molecule has 0 radical (unpaired) electrons. The maximum atomic E-state index is 11.5. The maximum absolute atomic E-state index is 11.5. The molecule has 2 saturated heterocycles. The van der Waals surface area contributed by atoms with Crippen molar-refractivity contribution in [3.63, 3.8) is 0 Å². The van der Waals surface area contributed by atoms with Crippen LogP contribution < -0.4 is 5.32 Å². The lowest BCUT2D eigenvalue weighted by Crippen LogP contribution is -2.53. The normalized spacial score (nSPS) is 21.2. The first-order valence-corrected chi connectivity index (χ1v) is 9.65. The summed E-state index contributed by atoms with van der Waals surface area (Å²) in [5.41, 5.74) is 0. The first-order chi connectivity index (χ1) is 11.6. The van der Waals surface area contributed by atoms with Gasteiger partial charge in [-0.25, -0.2) is 0 Å². The minimum Gasteiger partial charge on any atom is -0.357 e. The molecule has 24 heavy (non-hydrogen) atoms. The van der Waals surface area contributed by atoms with E-state index in [-0.39, 0.29) is 5.91 Å². The number of carbonyl (C=O) groups excluding carboxylic acids is 1. The summed E-state index contributed by atoms with van der Waals surface area (Å²) < 4.78 is 0. The smallest absolute Gasteiger partial charge is 0.219 e. The number of piperazine rings is 1. The molecule has 0 atom stereocenters. The first-order valence-electron chi connectivity index (χ1n) is 9.65. The van der Waals surface area contributed by atoms with Crippen LogP contribution in [0.3, 0.4) is 0 Å². The Morgan fingerprint density at radius 3 is 2.21 bits per heavy atom. The molecule has 0 saturated carbocycles. The third-order valence-corrected chi connectivity index (χ3v) is 5.31. The van der Waals surface area contributed by atoms with Crippen LogP contribution in [0.1, 0.15) is 40.0 Å². The number of hydrogen-bond donors (Lipinski definition) is 1. The molecule has 1 amide bonds. The van der Waals surface area contributed by atoms with E-state index in [1.165, 1.54) is 38.9 Å². The largest absolute Gasteiger partial charge is 0.357 e. The van der Waals surface area contributed by atoms with Crippen molar-refractivity contribution in [2.45, 2.75) is 40.0 Å². The van der Waals surface area contributed by atoms with Crippen molar-refractivity contribution in [1.29, 1.82) is 0 Å². The zero-order chi connectivity index (χ0) is 17.4. The van der Waals surface area contributed by atoms with Gasteiger partial charge in [-0.2, -0.15) is 0 Å². The van der Waals surface area contributed by atoms with Gasteiger partial charge in [0, 0.05) is 46.2 Å². The highest BCUT2D eigenvalue weighted by atomic mass is 16.2. The molecule has 0 aromatic rings. The number of carbonyl (C=O) groups is 1. The Hall–Kier alpha value is -1.30. The topological polar surface area (TPSA) is 51.2 Å². The summed E-state index contributed by atoms with van der Waals surface area (Å²) in [4.78, 5) is 23.1. The molecule has 0 bridgehead atoms. The quantitative estimate of drug-likeness (QED) is 0.606. The van der Waals surface area contributed by atoms with E-state index < -0.39 is 0 Å². The van der Waals surface area contributed by atoms with Gasteiger partial charge in [0.1, 0.15) is 0 Å². The summed E-state index contributed by atoms with van der Waals surface area (Å²) in [5.74, 6) is 2.02. The molecule has 0 unspecified atom stereocenters. The number of rotatable bonds is 5. The fourth-order valence-electron chi connectivity index (χ4n) is 3.60. The lowest BCUT2D eigenvalue weighted by atomic mass is 9.94. The molecule has 6 nitrogen and oxygen atoms in total. The Kier molecular flexibility index (Phi) is 7.82. The molecular formula is C18H35N5O. The Morgan fingerprint density at radius 1 is 1.04 bits per heavy atom. The van der Waals surface area contributed by atoms with Gasteiger partial charge in [0.2, 0.25) is 5.91 Å². The Morgan fingerprint density at radius 2 is 1.67 bits per heavy atom. The third kappa shape index (κ3) is 5.65. The van der Waals surface area contributed by atoms with Crippen LogP contribution in [0.2, 0.25) is 0 Å². The summed E-state index contributed by atoms with van der Waals surface area (Å²) in [6.07, 6.45) is 3.83. The molecule has 0 aromatic heterocycles. The van der Waals surface area contributed by atoms with Crippen molar-refractivity contribution in [2.24, 2.45) is 10.9 Å².